The SMILES string of the molecule is Cc1cccc(NC(=O)c2ccc(NCCC3=CCCCC3)cn2)c1. The van der Waals surface area contributed by atoms with Crippen LogP contribution in [0.25, 0.3) is 0 Å². The molecule has 0 spiro atoms. The van der Waals surface area contributed by atoms with Crippen LogP contribution in [0.5, 0.6) is 0 Å². The maximum absolute atomic E-state index is 12.3. The summed E-state index contributed by atoms with van der Waals surface area (Å²) in [6.07, 6.45) is 10.3. The molecule has 0 unspecified atom stereocenters. The number of anilines is 2. The highest BCUT2D eigenvalue weighted by molar-refractivity contribution is 6.02. The fraction of sp³-hybridized carbons (Fsp3) is 0.333. The van der Waals surface area contributed by atoms with Crippen molar-refractivity contribution < 1.29 is 4.79 Å². The minimum Gasteiger partial charge on any atom is -0.383 e. The normalized spacial score (nSPS) is 13.9. The summed E-state index contributed by atoms with van der Waals surface area (Å²) in [5.74, 6) is -0.190. The zero-order chi connectivity index (χ0) is 17.5. The van der Waals surface area contributed by atoms with E-state index in [-0.39, 0.29) is 5.91 Å². The molecule has 0 saturated heterocycles. The Labute approximate surface area is 149 Å². The maximum atomic E-state index is 12.3. The molecule has 0 radical (unpaired) electrons. The number of benzene rings is 1. The second kappa shape index (κ2) is 8.47. The number of nitrogens with one attached hydrogen (secondary N) is 2. The zero-order valence-corrected chi connectivity index (χ0v) is 14.7. The summed E-state index contributed by atoms with van der Waals surface area (Å²) >= 11 is 0. The van der Waals surface area contributed by atoms with Crippen LogP contribution in [0.1, 0.15) is 48.2 Å². The molecule has 1 aromatic heterocycles. The fourth-order valence-electron chi connectivity index (χ4n) is 3.05. The van der Waals surface area contributed by atoms with Gasteiger partial charge in [0.1, 0.15) is 5.69 Å². The molecule has 1 aromatic carbocycles. The van der Waals surface area contributed by atoms with Crippen LogP contribution in [0, 0.1) is 6.92 Å². The van der Waals surface area contributed by atoms with Gasteiger partial charge in [-0.2, -0.15) is 0 Å². The number of allylic oxidation sites excluding steroid dienone is 1. The van der Waals surface area contributed by atoms with Gasteiger partial charge in [0.05, 0.1) is 11.9 Å². The fourth-order valence-corrected chi connectivity index (χ4v) is 3.05. The summed E-state index contributed by atoms with van der Waals surface area (Å²) in [6, 6.07) is 11.4. The average molecular weight is 335 g/mol. The topological polar surface area (TPSA) is 54.0 Å². The molecule has 0 aliphatic heterocycles. The summed E-state index contributed by atoms with van der Waals surface area (Å²) in [5.41, 5.74) is 4.82. The van der Waals surface area contributed by atoms with Gasteiger partial charge in [0.25, 0.3) is 5.91 Å². The molecule has 130 valence electrons. The van der Waals surface area contributed by atoms with E-state index in [0.29, 0.717) is 5.69 Å². The monoisotopic (exact) mass is 335 g/mol. The number of amides is 1. The molecule has 25 heavy (non-hydrogen) atoms. The van der Waals surface area contributed by atoms with Gasteiger partial charge in [0.15, 0.2) is 0 Å². The lowest BCUT2D eigenvalue weighted by molar-refractivity contribution is 0.102. The molecule has 3 rings (SSSR count). The average Bonchev–Trinajstić information content (AvgIpc) is 2.63. The molecular formula is C21H25N3O. The van der Waals surface area contributed by atoms with Crippen molar-refractivity contribution in [3.05, 3.63) is 65.5 Å². The van der Waals surface area contributed by atoms with E-state index in [1.807, 2.05) is 37.3 Å². The van der Waals surface area contributed by atoms with Crippen molar-refractivity contribution in [2.75, 3.05) is 17.2 Å². The van der Waals surface area contributed by atoms with Gasteiger partial charge in [-0.05, 0) is 68.9 Å². The van der Waals surface area contributed by atoms with Crippen molar-refractivity contribution >= 4 is 17.3 Å². The predicted molar refractivity (Wildman–Crippen MR) is 103 cm³/mol. The van der Waals surface area contributed by atoms with Crippen LogP contribution in [0.3, 0.4) is 0 Å². The van der Waals surface area contributed by atoms with Crippen LogP contribution in [-0.4, -0.2) is 17.4 Å². The number of hydrogen-bond donors (Lipinski definition) is 2. The molecule has 2 aromatic rings. The Kier molecular flexibility index (Phi) is 5.83. The van der Waals surface area contributed by atoms with Gasteiger partial charge in [0.2, 0.25) is 0 Å². The molecule has 1 heterocycles. The van der Waals surface area contributed by atoms with Gasteiger partial charge in [-0.1, -0.05) is 23.8 Å². The summed E-state index contributed by atoms with van der Waals surface area (Å²) in [7, 11) is 0. The number of hydrogen-bond acceptors (Lipinski definition) is 3. The highest BCUT2D eigenvalue weighted by Crippen LogP contribution is 2.20. The molecule has 1 amide bonds. The lowest BCUT2D eigenvalue weighted by atomic mass is 9.97. The van der Waals surface area contributed by atoms with Crippen molar-refractivity contribution in [3.8, 4) is 0 Å². The van der Waals surface area contributed by atoms with E-state index in [1.54, 1.807) is 17.8 Å². The number of pyridine rings is 1. The van der Waals surface area contributed by atoms with Gasteiger partial charge < -0.3 is 10.6 Å². The van der Waals surface area contributed by atoms with Gasteiger partial charge in [-0.15, -0.1) is 0 Å². The van der Waals surface area contributed by atoms with Crippen LogP contribution in [-0.2, 0) is 0 Å². The summed E-state index contributed by atoms with van der Waals surface area (Å²) in [6.45, 7) is 2.90. The van der Waals surface area contributed by atoms with Crippen molar-refractivity contribution in [3.63, 3.8) is 0 Å². The maximum Gasteiger partial charge on any atom is 0.274 e. The van der Waals surface area contributed by atoms with Crippen LogP contribution in [0.15, 0.2) is 54.2 Å². The largest absolute Gasteiger partial charge is 0.383 e. The summed E-state index contributed by atoms with van der Waals surface area (Å²) < 4.78 is 0. The summed E-state index contributed by atoms with van der Waals surface area (Å²) in [5, 5.41) is 6.26. The minimum absolute atomic E-state index is 0.190. The third-order valence-electron chi connectivity index (χ3n) is 4.43. The number of rotatable bonds is 6. The molecule has 0 fully saturated rings. The lowest BCUT2D eigenvalue weighted by Gasteiger charge is -2.13. The van der Waals surface area contributed by atoms with Crippen molar-refractivity contribution in [2.24, 2.45) is 0 Å². The van der Waals surface area contributed by atoms with Gasteiger partial charge in [0, 0.05) is 12.2 Å². The minimum atomic E-state index is -0.190. The first kappa shape index (κ1) is 17.2. The van der Waals surface area contributed by atoms with E-state index < -0.39 is 0 Å². The van der Waals surface area contributed by atoms with Crippen LogP contribution >= 0.6 is 0 Å². The molecule has 0 atom stereocenters. The summed E-state index contributed by atoms with van der Waals surface area (Å²) in [4.78, 5) is 16.5. The van der Waals surface area contributed by atoms with E-state index >= 15 is 0 Å². The second-order valence-electron chi connectivity index (χ2n) is 6.54. The number of carbonyl (C=O) groups excluding carboxylic acids is 1. The molecule has 4 nitrogen and oxygen atoms in total. The standard InChI is InChI=1S/C21H25N3O/c1-16-6-5-9-18(14-16)24-21(25)20-11-10-19(15-23-20)22-13-12-17-7-3-2-4-8-17/h5-7,9-11,14-15,22H,2-4,8,12-13H2,1H3,(H,24,25). The first-order valence-corrected chi connectivity index (χ1v) is 8.96. The third-order valence-corrected chi connectivity index (χ3v) is 4.43. The van der Waals surface area contributed by atoms with Gasteiger partial charge >= 0.3 is 0 Å². The Balaban J connectivity index is 1.51. The third kappa shape index (κ3) is 5.18. The highest BCUT2D eigenvalue weighted by atomic mass is 16.1. The number of aromatic nitrogens is 1. The van der Waals surface area contributed by atoms with E-state index in [4.69, 9.17) is 0 Å². The predicted octanol–water partition coefficient (Wildman–Crippen LogP) is 4.94. The van der Waals surface area contributed by atoms with Crippen molar-refractivity contribution in [1.82, 2.24) is 4.98 Å². The Hall–Kier alpha value is -2.62. The van der Waals surface area contributed by atoms with E-state index in [1.165, 1.54) is 25.7 Å². The Morgan fingerprint density at radius 1 is 1.16 bits per heavy atom. The van der Waals surface area contributed by atoms with Crippen molar-refractivity contribution in [1.29, 1.82) is 0 Å². The molecule has 1 aliphatic carbocycles. The van der Waals surface area contributed by atoms with Gasteiger partial charge in [-0.25, -0.2) is 4.98 Å². The Morgan fingerprint density at radius 3 is 2.80 bits per heavy atom. The molecular weight excluding hydrogens is 310 g/mol. The molecule has 2 N–H and O–H groups in total. The molecule has 0 saturated carbocycles. The van der Waals surface area contributed by atoms with Crippen LogP contribution in [0.2, 0.25) is 0 Å². The van der Waals surface area contributed by atoms with E-state index in [2.05, 4.69) is 21.7 Å². The molecule has 1 aliphatic rings. The lowest BCUT2D eigenvalue weighted by Crippen LogP contribution is -2.14. The number of aryl methyl sites for hydroxylation is 1. The first-order chi connectivity index (χ1) is 12.2. The van der Waals surface area contributed by atoms with Crippen molar-refractivity contribution in [2.45, 2.75) is 39.0 Å². The smallest absolute Gasteiger partial charge is 0.274 e. The van der Waals surface area contributed by atoms with Crippen LogP contribution < -0.4 is 10.6 Å². The highest BCUT2D eigenvalue weighted by Gasteiger charge is 2.08. The Morgan fingerprint density at radius 2 is 2.08 bits per heavy atom. The quantitative estimate of drug-likeness (QED) is 0.735. The second-order valence-corrected chi connectivity index (χ2v) is 6.54. The Bertz CT molecular complexity index is 750. The van der Waals surface area contributed by atoms with E-state index in [0.717, 1.165) is 29.9 Å². The number of nitrogens with zero attached hydrogens (tertiary/aromatic N) is 1. The van der Waals surface area contributed by atoms with Gasteiger partial charge in [-0.3, -0.25) is 4.79 Å². The first-order valence-electron chi connectivity index (χ1n) is 8.96. The number of carbonyl (C=O) groups is 1. The molecule has 4 heteroatoms. The zero-order valence-electron chi connectivity index (χ0n) is 14.7. The van der Waals surface area contributed by atoms with E-state index in [9.17, 15) is 4.79 Å². The van der Waals surface area contributed by atoms with Crippen LogP contribution in [0.4, 0.5) is 11.4 Å². The molecule has 0 bridgehead atoms.